The Kier molecular flexibility index (Phi) is 5.75. The van der Waals surface area contributed by atoms with Gasteiger partial charge in [-0.3, -0.25) is 9.97 Å². The fourth-order valence-electron chi connectivity index (χ4n) is 3.50. The predicted molar refractivity (Wildman–Crippen MR) is 104 cm³/mol. The summed E-state index contributed by atoms with van der Waals surface area (Å²) in [6.07, 6.45) is 6.26. The zero-order valence-electron chi connectivity index (χ0n) is 16.2. The number of aliphatic hydroxyl groups is 1. The highest BCUT2D eigenvalue weighted by molar-refractivity contribution is 5.75. The van der Waals surface area contributed by atoms with Gasteiger partial charge < -0.3 is 15.3 Å². The molecule has 144 valence electrons. The monoisotopic (exact) mass is 368 g/mol. The minimum absolute atomic E-state index is 0.0919. The lowest BCUT2D eigenvalue weighted by Gasteiger charge is -2.38. The summed E-state index contributed by atoms with van der Waals surface area (Å²) in [5, 5.41) is 14.1. The second kappa shape index (κ2) is 8.05. The molecule has 2 aromatic rings. The van der Waals surface area contributed by atoms with E-state index in [1.165, 1.54) is 0 Å². The number of aromatic nitrogens is 2. The van der Waals surface area contributed by atoms with Crippen molar-refractivity contribution in [1.29, 1.82) is 0 Å². The van der Waals surface area contributed by atoms with Crippen molar-refractivity contribution >= 4 is 6.03 Å². The minimum Gasteiger partial charge on any atom is -0.383 e. The molecule has 1 saturated heterocycles. The Balaban J connectivity index is 1.63. The van der Waals surface area contributed by atoms with Crippen LogP contribution in [0, 0.1) is 12.8 Å². The molecule has 0 unspecified atom stereocenters. The van der Waals surface area contributed by atoms with E-state index < -0.39 is 5.60 Å². The van der Waals surface area contributed by atoms with Crippen LogP contribution in [-0.4, -0.2) is 39.1 Å². The second-order valence-corrected chi connectivity index (χ2v) is 7.70. The molecule has 1 aliphatic rings. The maximum atomic E-state index is 12.8. The zero-order chi connectivity index (χ0) is 19.4. The van der Waals surface area contributed by atoms with Gasteiger partial charge in [-0.25, -0.2) is 4.79 Å². The van der Waals surface area contributed by atoms with Gasteiger partial charge in [0.15, 0.2) is 0 Å². The molecule has 0 aliphatic carbocycles. The molecule has 6 nitrogen and oxygen atoms in total. The number of aryl methyl sites for hydroxylation is 1. The molecule has 0 spiro atoms. The summed E-state index contributed by atoms with van der Waals surface area (Å²) in [6, 6.07) is 7.51. The average molecular weight is 368 g/mol. The summed E-state index contributed by atoms with van der Waals surface area (Å²) in [5.74, 6) is 0.247. The molecule has 1 fully saturated rings. The first kappa shape index (κ1) is 19.3. The smallest absolute Gasteiger partial charge is 0.317 e. The minimum atomic E-state index is -0.967. The summed E-state index contributed by atoms with van der Waals surface area (Å²) in [6.45, 7) is 7.12. The van der Waals surface area contributed by atoms with Gasteiger partial charge in [0.25, 0.3) is 0 Å². The van der Waals surface area contributed by atoms with Crippen molar-refractivity contribution in [3.8, 4) is 0 Å². The molecule has 0 radical (unpaired) electrons. The number of piperidine rings is 1. The number of likely N-dealkylation sites (tertiary alicyclic amines) is 1. The molecular formula is C21H28N4O2. The molecule has 0 aromatic carbocycles. The van der Waals surface area contributed by atoms with Crippen LogP contribution in [0.2, 0.25) is 0 Å². The van der Waals surface area contributed by atoms with Gasteiger partial charge in [0.1, 0.15) is 5.60 Å². The fraction of sp³-hybridized carbons (Fsp3) is 0.476. The summed E-state index contributed by atoms with van der Waals surface area (Å²) >= 11 is 0. The van der Waals surface area contributed by atoms with E-state index in [-0.39, 0.29) is 18.0 Å². The first-order chi connectivity index (χ1) is 12.9. The highest BCUT2D eigenvalue weighted by atomic mass is 16.3. The third kappa shape index (κ3) is 4.45. The summed E-state index contributed by atoms with van der Waals surface area (Å²) < 4.78 is 0. The molecular weight excluding hydrogens is 340 g/mol. The number of nitrogens with one attached hydrogen (secondary N) is 1. The number of carbonyl (C=O) groups excluding carboxylic acids is 1. The van der Waals surface area contributed by atoms with Crippen molar-refractivity contribution < 1.29 is 9.90 Å². The first-order valence-corrected chi connectivity index (χ1v) is 9.50. The van der Waals surface area contributed by atoms with Gasteiger partial charge in [0.2, 0.25) is 0 Å². The largest absolute Gasteiger partial charge is 0.383 e. The number of hydrogen-bond acceptors (Lipinski definition) is 4. The van der Waals surface area contributed by atoms with E-state index >= 15 is 0 Å². The third-order valence-corrected chi connectivity index (χ3v) is 5.26. The summed E-state index contributed by atoms with van der Waals surface area (Å²) in [5.41, 5.74) is 1.78. The van der Waals surface area contributed by atoms with Gasteiger partial charge in [-0.15, -0.1) is 0 Å². The molecule has 27 heavy (non-hydrogen) atoms. The molecule has 0 bridgehead atoms. The van der Waals surface area contributed by atoms with Crippen molar-refractivity contribution in [1.82, 2.24) is 20.2 Å². The number of carbonyl (C=O) groups is 1. The number of nitrogens with zero attached hydrogens (tertiary/aromatic N) is 3. The maximum absolute atomic E-state index is 12.8. The lowest BCUT2D eigenvalue weighted by atomic mass is 9.87. The van der Waals surface area contributed by atoms with Crippen molar-refractivity contribution in [2.24, 2.45) is 5.92 Å². The molecule has 1 atom stereocenters. The molecule has 3 rings (SSSR count). The van der Waals surface area contributed by atoms with Gasteiger partial charge in [0, 0.05) is 31.7 Å². The maximum Gasteiger partial charge on any atom is 0.317 e. The molecule has 2 amide bonds. The third-order valence-electron chi connectivity index (χ3n) is 5.26. The van der Waals surface area contributed by atoms with Crippen LogP contribution in [0.5, 0.6) is 0 Å². The van der Waals surface area contributed by atoms with Crippen LogP contribution in [0.1, 0.15) is 49.6 Å². The van der Waals surface area contributed by atoms with E-state index in [4.69, 9.17) is 0 Å². The molecule has 3 heterocycles. The molecule has 0 saturated carbocycles. The number of urea groups is 1. The van der Waals surface area contributed by atoms with E-state index in [0.29, 0.717) is 31.6 Å². The number of hydrogen-bond donors (Lipinski definition) is 2. The van der Waals surface area contributed by atoms with Crippen LogP contribution in [0.3, 0.4) is 0 Å². The van der Waals surface area contributed by atoms with E-state index in [2.05, 4.69) is 29.1 Å². The van der Waals surface area contributed by atoms with E-state index in [1.807, 2.05) is 31.2 Å². The SMILES string of the molecule is Cc1ccc(C2(O)CCN(C(=O)N[C@H](c3cccnc3)C(C)C)CC2)nc1. The quantitative estimate of drug-likeness (QED) is 0.869. The molecule has 2 N–H and O–H groups in total. The van der Waals surface area contributed by atoms with Crippen LogP contribution >= 0.6 is 0 Å². The van der Waals surface area contributed by atoms with Crippen molar-refractivity contribution in [3.63, 3.8) is 0 Å². The van der Waals surface area contributed by atoms with Crippen molar-refractivity contribution in [2.75, 3.05) is 13.1 Å². The fourth-order valence-corrected chi connectivity index (χ4v) is 3.50. The second-order valence-electron chi connectivity index (χ2n) is 7.70. The Hall–Kier alpha value is -2.47. The Bertz CT molecular complexity index is 754. The lowest BCUT2D eigenvalue weighted by Crippen LogP contribution is -2.50. The van der Waals surface area contributed by atoms with Crippen molar-refractivity contribution in [3.05, 3.63) is 59.7 Å². The van der Waals surface area contributed by atoms with Crippen LogP contribution < -0.4 is 5.32 Å². The van der Waals surface area contributed by atoms with Crippen LogP contribution in [0.4, 0.5) is 4.79 Å². The van der Waals surface area contributed by atoms with Gasteiger partial charge in [0.05, 0.1) is 11.7 Å². The van der Waals surface area contributed by atoms with Gasteiger partial charge in [-0.1, -0.05) is 26.0 Å². The Morgan fingerprint density at radius 1 is 1.22 bits per heavy atom. The van der Waals surface area contributed by atoms with Crippen LogP contribution in [-0.2, 0) is 5.60 Å². The first-order valence-electron chi connectivity index (χ1n) is 9.50. The lowest BCUT2D eigenvalue weighted by molar-refractivity contribution is -0.0206. The highest BCUT2D eigenvalue weighted by Gasteiger charge is 2.37. The van der Waals surface area contributed by atoms with Crippen molar-refractivity contribution in [2.45, 2.75) is 45.3 Å². The molecule has 1 aliphatic heterocycles. The highest BCUT2D eigenvalue weighted by Crippen LogP contribution is 2.32. The Morgan fingerprint density at radius 2 is 1.96 bits per heavy atom. The Labute approximate surface area is 160 Å². The van der Waals surface area contributed by atoms with E-state index in [9.17, 15) is 9.90 Å². The predicted octanol–water partition coefficient (Wildman–Crippen LogP) is 3.18. The van der Waals surface area contributed by atoms with Gasteiger partial charge in [-0.2, -0.15) is 0 Å². The Morgan fingerprint density at radius 3 is 2.52 bits per heavy atom. The topological polar surface area (TPSA) is 78.4 Å². The standard InChI is InChI=1S/C21H28N4O2/c1-15(2)19(17-5-4-10-22-14-17)24-20(26)25-11-8-21(27,9-12-25)18-7-6-16(3)13-23-18/h4-7,10,13-15,19,27H,8-9,11-12H2,1-3H3,(H,24,26)/t19-/m0/s1. The average Bonchev–Trinajstić information content (AvgIpc) is 2.67. The number of rotatable bonds is 4. The van der Waals surface area contributed by atoms with E-state index in [1.54, 1.807) is 23.5 Å². The van der Waals surface area contributed by atoms with Gasteiger partial charge >= 0.3 is 6.03 Å². The number of amides is 2. The van der Waals surface area contributed by atoms with Crippen LogP contribution in [0.25, 0.3) is 0 Å². The number of pyridine rings is 2. The zero-order valence-corrected chi connectivity index (χ0v) is 16.2. The van der Waals surface area contributed by atoms with Crippen LogP contribution in [0.15, 0.2) is 42.9 Å². The molecule has 2 aromatic heterocycles. The van der Waals surface area contributed by atoms with Gasteiger partial charge in [-0.05, 0) is 48.9 Å². The summed E-state index contributed by atoms with van der Waals surface area (Å²) in [7, 11) is 0. The summed E-state index contributed by atoms with van der Waals surface area (Å²) in [4.78, 5) is 23.1. The molecule has 6 heteroatoms. The van der Waals surface area contributed by atoms with E-state index in [0.717, 1.165) is 11.1 Å². The normalized spacial score (nSPS) is 17.6.